The molecule has 1 atom stereocenters. The van der Waals surface area contributed by atoms with Gasteiger partial charge in [0.1, 0.15) is 0 Å². The molecule has 4 heteroatoms. The number of aliphatic hydroxyl groups is 1. The first-order valence-electron chi connectivity index (χ1n) is 7.05. The maximum Gasteiger partial charge on any atom is 0.0729 e. The SMILES string of the molecule is Cn1nc(CC(O)C2CCNCC2)c2ccccc21. The van der Waals surface area contributed by atoms with E-state index in [1.807, 2.05) is 23.9 Å². The van der Waals surface area contributed by atoms with Crippen molar-refractivity contribution >= 4 is 10.9 Å². The number of fused-ring (bicyclic) bond motifs is 1. The number of aryl methyl sites for hydroxylation is 1. The van der Waals surface area contributed by atoms with Gasteiger partial charge in [0.25, 0.3) is 0 Å². The Hall–Kier alpha value is -1.39. The molecule has 2 aromatic rings. The van der Waals surface area contributed by atoms with Crippen molar-refractivity contribution in [1.82, 2.24) is 15.1 Å². The van der Waals surface area contributed by atoms with E-state index in [1.165, 1.54) is 0 Å². The number of benzene rings is 1. The highest BCUT2D eigenvalue weighted by Crippen LogP contribution is 2.23. The van der Waals surface area contributed by atoms with Crippen molar-refractivity contribution in [3.8, 4) is 0 Å². The molecule has 1 aromatic heterocycles. The maximum atomic E-state index is 10.4. The van der Waals surface area contributed by atoms with E-state index in [0.29, 0.717) is 12.3 Å². The van der Waals surface area contributed by atoms with E-state index >= 15 is 0 Å². The standard InChI is InChI=1S/C15H21N3O/c1-18-14-5-3-2-4-12(14)13(17-18)10-15(19)11-6-8-16-9-7-11/h2-5,11,15-16,19H,6-10H2,1H3. The van der Waals surface area contributed by atoms with E-state index in [0.717, 1.165) is 42.5 Å². The molecule has 4 nitrogen and oxygen atoms in total. The largest absolute Gasteiger partial charge is 0.392 e. The van der Waals surface area contributed by atoms with Crippen molar-refractivity contribution < 1.29 is 5.11 Å². The Morgan fingerprint density at radius 2 is 2.11 bits per heavy atom. The lowest BCUT2D eigenvalue weighted by Gasteiger charge is -2.26. The van der Waals surface area contributed by atoms with Gasteiger partial charge in [0, 0.05) is 18.9 Å². The van der Waals surface area contributed by atoms with Crippen LogP contribution in [0.3, 0.4) is 0 Å². The minimum absolute atomic E-state index is 0.277. The predicted molar refractivity (Wildman–Crippen MR) is 76.0 cm³/mol. The highest BCUT2D eigenvalue weighted by molar-refractivity contribution is 5.81. The molecule has 19 heavy (non-hydrogen) atoms. The maximum absolute atomic E-state index is 10.4. The highest BCUT2D eigenvalue weighted by atomic mass is 16.3. The Kier molecular flexibility index (Phi) is 3.53. The van der Waals surface area contributed by atoms with Gasteiger partial charge in [0.15, 0.2) is 0 Å². The number of hydrogen-bond acceptors (Lipinski definition) is 3. The molecule has 1 aliphatic rings. The third-order valence-corrected chi connectivity index (χ3v) is 4.16. The molecule has 0 spiro atoms. The molecule has 2 N–H and O–H groups in total. The van der Waals surface area contributed by atoms with Gasteiger partial charge < -0.3 is 10.4 Å². The Balaban J connectivity index is 1.81. The summed E-state index contributed by atoms with van der Waals surface area (Å²) in [6.07, 6.45) is 2.50. The van der Waals surface area contributed by atoms with Crippen molar-refractivity contribution in [2.75, 3.05) is 13.1 Å². The van der Waals surface area contributed by atoms with Crippen LogP contribution in [0.15, 0.2) is 24.3 Å². The van der Waals surface area contributed by atoms with Gasteiger partial charge in [-0.05, 0) is 37.9 Å². The van der Waals surface area contributed by atoms with Crippen molar-refractivity contribution in [1.29, 1.82) is 0 Å². The van der Waals surface area contributed by atoms with E-state index in [1.54, 1.807) is 0 Å². The minimum Gasteiger partial charge on any atom is -0.392 e. The lowest BCUT2D eigenvalue weighted by atomic mass is 9.89. The molecular weight excluding hydrogens is 238 g/mol. The molecule has 0 amide bonds. The van der Waals surface area contributed by atoms with Crippen LogP contribution in [0.5, 0.6) is 0 Å². The Morgan fingerprint density at radius 3 is 2.89 bits per heavy atom. The fourth-order valence-corrected chi connectivity index (χ4v) is 3.03. The third kappa shape index (κ3) is 2.51. The minimum atomic E-state index is -0.277. The zero-order valence-electron chi connectivity index (χ0n) is 11.3. The summed E-state index contributed by atoms with van der Waals surface area (Å²) in [5.74, 6) is 0.405. The fourth-order valence-electron chi connectivity index (χ4n) is 3.03. The number of para-hydroxylation sites is 1. The molecule has 0 bridgehead atoms. The smallest absolute Gasteiger partial charge is 0.0729 e. The number of piperidine rings is 1. The van der Waals surface area contributed by atoms with Crippen LogP contribution < -0.4 is 5.32 Å². The molecule has 1 saturated heterocycles. The van der Waals surface area contributed by atoms with Crippen LogP contribution in [0.4, 0.5) is 0 Å². The number of rotatable bonds is 3. The van der Waals surface area contributed by atoms with E-state index in [9.17, 15) is 5.11 Å². The van der Waals surface area contributed by atoms with Crippen LogP contribution in [0.1, 0.15) is 18.5 Å². The second-order valence-electron chi connectivity index (χ2n) is 5.45. The summed E-state index contributed by atoms with van der Waals surface area (Å²) in [4.78, 5) is 0. The molecule has 0 saturated carbocycles. The first kappa shape index (κ1) is 12.6. The lowest BCUT2D eigenvalue weighted by Crippen LogP contribution is -2.35. The molecule has 1 aromatic carbocycles. The van der Waals surface area contributed by atoms with Crippen LogP contribution in [0.25, 0.3) is 10.9 Å². The van der Waals surface area contributed by atoms with E-state index < -0.39 is 0 Å². The van der Waals surface area contributed by atoms with Crippen LogP contribution in [-0.2, 0) is 13.5 Å². The zero-order valence-corrected chi connectivity index (χ0v) is 11.3. The predicted octanol–water partition coefficient (Wildman–Crippen LogP) is 1.48. The van der Waals surface area contributed by atoms with Crippen molar-refractivity contribution in [3.05, 3.63) is 30.0 Å². The number of hydrogen-bond donors (Lipinski definition) is 2. The van der Waals surface area contributed by atoms with Gasteiger partial charge in [0.2, 0.25) is 0 Å². The average molecular weight is 259 g/mol. The summed E-state index contributed by atoms with van der Waals surface area (Å²) in [6.45, 7) is 2.04. The van der Waals surface area contributed by atoms with Crippen LogP contribution in [-0.4, -0.2) is 34.1 Å². The van der Waals surface area contributed by atoms with Gasteiger partial charge in [0.05, 0.1) is 17.3 Å². The topological polar surface area (TPSA) is 50.1 Å². The van der Waals surface area contributed by atoms with Gasteiger partial charge in [-0.25, -0.2) is 0 Å². The number of aliphatic hydroxyl groups excluding tert-OH is 1. The molecule has 1 unspecified atom stereocenters. The summed E-state index contributed by atoms with van der Waals surface area (Å²) in [5, 5.41) is 19.5. The van der Waals surface area contributed by atoms with Gasteiger partial charge in [-0.15, -0.1) is 0 Å². The number of nitrogens with one attached hydrogen (secondary N) is 1. The van der Waals surface area contributed by atoms with Crippen LogP contribution in [0.2, 0.25) is 0 Å². The molecule has 1 aliphatic heterocycles. The van der Waals surface area contributed by atoms with Crippen molar-refractivity contribution in [2.45, 2.75) is 25.4 Å². The first-order chi connectivity index (χ1) is 9.25. The molecule has 102 valence electrons. The molecule has 3 rings (SSSR count). The van der Waals surface area contributed by atoms with E-state index in [2.05, 4.69) is 22.5 Å². The number of nitrogens with zero attached hydrogens (tertiary/aromatic N) is 2. The molecule has 0 radical (unpaired) electrons. The Morgan fingerprint density at radius 1 is 1.37 bits per heavy atom. The number of aromatic nitrogens is 2. The summed E-state index contributed by atoms with van der Waals surface area (Å²) in [7, 11) is 1.96. The second-order valence-corrected chi connectivity index (χ2v) is 5.45. The first-order valence-corrected chi connectivity index (χ1v) is 7.05. The highest BCUT2D eigenvalue weighted by Gasteiger charge is 2.23. The summed E-state index contributed by atoms with van der Waals surface area (Å²) >= 11 is 0. The van der Waals surface area contributed by atoms with Gasteiger partial charge in [-0.1, -0.05) is 18.2 Å². The molecule has 1 fully saturated rings. The monoisotopic (exact) mass is 259 g/mol. The van der Waals surface area contributed by atoms with E-state index in [-0.39, 0.29) is 6.10 Å². The van der Waals surface area contributed by atoms with E-state index in [4.69, 9.17) is 0 Å². The molecule has 0 aliphatic carbocycles. The third-order valence-electron chi connectivity index (χ3n) is 4.16. The Labute approximate surface area is 113 Å². The van der Waals surface area contributed by atoms with Gasteiger partial charge in [-0.2, -0.15) is 5.10 Å². The quantitative estimate of drug-likeness (QED) is 0.877. The Bertz CT molecular complexity index is 558. The van der Waals surface area contributed by atoms with Crippen molar-refractivity contribution in [2.24, 2.45) is 13.0 Å². The normalized spacial score (nSPS) is 18.8. The average Bonchev–Trinajstić information content (AvgIpc) is 2.77. The summed E-state index contributed by atoms with van der Waals surface area (Å²) in [6, 6.07) is 8.22. The lowest BCUT2D eigenvalue weighted by molar-refractivity contribution is 0.0883. The molecular formula is C15H21N3O. The second kappa shape index (κ2) is 5.31. The zero-order chi connectivity index (χ0) is 13.2. The summed E-state index contributed by atoms with van der Waals surface area (Å²) in [5.41, 5.74) is 2.15. The fraction of sp³-hybridized carbons (Fsp3) is 0.533. The molecule has 2 heterocycles. The summed E-state index contributed by atoms with van der Waals surface area (Å²) < 4.78 is 1.90. The van der Waals surface area contributed by atoms with Gasteiger partial charge in [-0.3, -0.25) is 4.68 Å². The van der Waals surface area contributed by atoms with Crippen LogP contribution >= 0.6 is 0 Å². The van der Waals surface area contributed by atoms with Crippen molar-refractivity contribution in [3.63, 3.8) is 0 Å². The van der Waals surface area contributed by atoms with Crippen LogP contribution in [0, 0.1) is 5.92 Å². The van der Waals surface area contributed by atoms with Gasteiger partial charge >= 0.3 is 0 Å².